The van der Waals surface area contributed by atoms with Crippen molar-refractivity contribution < 1.29 is 15.3 Å². The summed E-state index contributed by atoms with van der Waals surface area (Å²) in [5, 5.41) is 33.0. The smallest absolute Gasteiger partial charge is 0.0910 e. The van der Waals surface area contributed by atoms with E-state index in [-0.39, 0.29) is 22.9 Å². The third kappa shape index (κ3) is 4.13. The fourth-order valence-corrected chi connectivity index (χ4v) is 9.02. The fraction of sp³-hybridized carbons (Fsp3) is 0.931. The maximum atomic E-state index is 11.7. The molecule has 4 aliphatic carbocycles. The number of fused-ring (bicyclic) bond motifs is 5. The molecular weight excluding hydrogens is 396 g/mol. The average Bonchev–Trinajstić information content (AvgIpc) is 3.09. The van der Waals surface area contributed by atoms with Gasteiger partial charge in [0.25, 0.3) is 0 Å². The number of aliphatic hydroxyl groups excluding tert-OH is 2. The molecule has 3 saturated carbocycles. The van der Waals surface area contributed by atoms with Crippen LogP contribution in [-0.2, 0) is 0 Å². The topological polar surface area (TPSA) is 60.7 Å². The molecular formula is C29H50O3. The van der Waals surface area contributed by atoms with E-state index in [9.17, 15) is 15.3 Å². The Hall–Kier alpha value is -0.380. The second-order valence-corrected chi connectivity index (χ2v) is 13.3. The van der Waals surface area contributed by atoms with Gasteiger partial charge in [0.1, 0.15) is 0 Å². The summed E-state index contributed by atoms with van der Waals surface area (Å²) in [7, 11) is 0. The van der Waals surface area contributed by atoms with Crippen molar-refractivity contribution in [2.75, 3.05) is 0 Å². The predicted molar refractivity (Wildman–Crippen MR) is 131 cm³/mol. The van der Waals surface area contributed by atoms with E-state index in [0.29, 0.717) is 17.8 Å². The van der Waals surface area contributed by atoms with E-state index >= 15 is 0 Å². The minimum Gasteiger partial charge on any atom is -0.393 e. The summed E-state index contributed by atoms with van der Waals surface area (Å²) < 4.78 is 0. The summed E-state index contributed by atoms with van der Waals surface area (Å²) in [5.74, 6) is 2.95. The molecule has 3 nitrogen and oxygen atoms in total. The molecule has 3 fully saturated rings. The molecule has 0 aromatic heterocycles. The minimum absolute atomic E-state index is 0.124. The van der Waals surface area contributed by atoms with E-state index in [0.717, 1.165) is 57.3 Å². The highest BCUT2D eigenvalue weighted by Crippen LogP contribution is 2.67. The second kappa shape index (κ2) is 9.00. The number of allylic oxidation sites excluding steroid dienone is 1. The first kappa shape index (κ1) is 24.7. The summed E-state index contributed by atoms with van der Waals surface area (Å²) in [4.78, 5) is 0. The van der Waals surface area contributed by atoms with Gasteiger partial charge in [-0.15, -0.1) is 0 Å². The molecule has 4 aliphatic rings. The molecule has 0 aromatic rings. The van der Waals surface area contributed by atoms with Gasteiger partial charge < -0.3 is 15.3 Å². The standard InChI is InChI=1S/C29H50O3/c1-19(2)8-6-7-9-26(31)29(5,32)25-13-12-23-22-11-10-20-18-21(30)14-16-27(20,3)24(22)15-17-28(23,25)4/h10,19,21-26,30-32H,6-9,11-18H2,1-5H3/t21-,22?,23?,24?,25?,26-,27-,28-,29+/m0/s1. The Labute approximate surface area is 197 Å². The van der Waals surface area contributed by atoms with Crippen molar-refractivity contribution >= 4 is 0 Å². The molecule has 0 saturated heterocycles. The van der Waals surface area contributed by atoms with Crippen LogP contribution in [0.1, 0.15) is 112 Å². The van der Waals surface area contributed by atoms with Crippen LogP contribution in [0.2, 0.25) is 0 Å². The highest BCUT2D eigenvalue weighted by Gasteiger charge is 2.62. The van der Waals surface area contributed by atoms with Crippen molar-refractivity contribution in [1.29, 1.82) is 0 Å². The van der Waals surface area contributed by atoms with E-state index in [1.165, 1.54) is 31.3 Å². The maximum absolute atomic E-state index is 11.7. The van der Waals surface area contributed by atoms with E-state index < -0.39 is 11.7 Å². The van der Waals surface area contributed by atoms with E-state index in [4.69, 9.17) is 0 Å². The average molecular weight is 447 g/mol. The van der Waals surface area contributed by atoms with Crippen molar-refractivity contribution in [3.05, 3.63) is 11.6 Å². The molecule has 32 heavy (non-hydrogen) atoms. The van der Waals surface area contributed by atoms with Crippen LogP contribution in [0.15, 0.2) is 11.6 Å². The lowest BCUT2D eigenvalue weighted by atomic mass is 9.46. The van der Waals surface area contributed by atoms with Crippen molar-refractivity contribution in [3.8, 4) is 0 Å². The van der Waals surface area contributed by atoms with Crippen LogP contribution in [0.3, 0.4) is 0 Å². The van der Waals surface area contributed by atoms with Gasteiger partial charge in [-0.05, 0) is 105 Å². The molecule has 0 aromatic carbocycles. The van der Waals surface area contributed by atoms with Gasteiger partial charge in [-0.3, -0.25) is 0 Å². The van der Waals surface area contributed by atoms with Crippen LogP contribution in [0.25, 0.3) is 0 Å². The van der Waals surface area contributed by atoms with Crippen LogP contribution in [0.5, 0.6) is 0 Å². The number of hydrogen-bond donors (Lipinski definition) is 3. The Bertz CT molecular complexity index is 697. The number of rotatable bonds is 7. The summed E-state index contributed by atoms with van der Waals surface area (Å²) in [6.45, 7) is 11.4. The SMILES string of the molecule is CC(C)CCCC[C@H](O)[C@](C)(O)C1CCC2C3CC=C4C[C@@H](O)CC[C@]4(C)C3CC[C@@]21C. The molecule has 3 N–H and O–H groups in total. The van der Waals surface area contributed by atoms with Crippen LogP contribution >= 0.6 is 0 Å². The Morgan fingerprint density at radius 3 is 2.47 bits per heavy atom. The third-order valence-corrected chi connectivity index (χ3v) is 11.0. The molecule has 0 aliphatic heterocycles. The molecule has 0 radical (unpaired) electrons. The Morgan fingerprint density at radius 2 is 1.75 bits per heavy atom. The van der Waals surface area contributed by atoms with Crippen molar-refractivity contribution in [1.82, 2.24) is 0 Å². The van der Waals surface area contributed by atoms with Crippen molar-refractivity contribution in [3.63, 3.8) is 0 Å². The summed E-state index contributed by atoms with van der Waals surface area (Å²) in [6.07, 6.45) is 14.5. The van der Waals surface area contributed by atoms with Gasteiger partial charge >= 0.3 is 0 Å². The van der Waals surface area contributed by atoms with Crippen LogP contribution < -0.4 is 0 Å². The maximum Gasteiger partial charge on any atom is 0.0910 e. The summed E-state index contributed by atoms with van der Waals surface area (Å²) >= 11 is 0. The van der Waals surface area contributed by atoms with Gasteiger partial charge in [0.05, 0.1) is 17.8 Å². The Balaban J connectivity index is 1.48. The molecule has 0 bridgehead atoms. The quantitative estimate of drug-likeness (QED) is 0.320. The van der Waals surface area contributed by atoms with Crippen LogP contribution in [0, 0.1) is 40.4 Å². The number of aliphatic hydroxyl groups is 3. The summed E-state index contributed by atoms with van der Waals surface area (Å²) in [6, 6.07) is 0. The lowest BCUT2D eigenvalue weighted by Gasteiger charge is -2.59. The normalized spacial score (nSPS) is 44.3. The first-order chi connectivity index (χ1) is 15.0. The highest BCUT2D eigenvalue weighted by atomic mass is 16.3. The molecule has 4 unspecified atom stereocenters. The zero-order valence-corrected chi connectivity index (χ0v) is 21.4. The molecule has 3 heteroatoms. The van der Waals surface area contributed by atoms with Gasteiger partial charge in [-0.25, -0.2) is 0 Å². The van der Waals surface area contributed by atoms with Gasteiger partial charge in [-0.2, -0.15) is 0 Å². The van der Waals surface area contributed by atoms with Crippen LogP contribution in [-0.4, -0.2) is 33.1 Å². The van der Waals surface area contributed by atoms with E-state index in [2.05, 4.69) is 33.8 Å². The zero-order valence-electron chi connectivity index (χ0n) is 21.4. The van der Waals surface area contributed by atoms with Gasteiger partial charge in [0.15, 0.2) is 0 Å². The number of hydrogen-bond acceptors (Lipinski definition) is 3. The highest BCUT2D eigenvalue weighted by molar-refractivity contribution is 5.25. The Morgan fingerprint density at radius 1 is 1.03 bits per heavy atom. The van der Waals surface area contributed by atoms with E-state index in [1.54, 1.807) is 0 Å². The molecule has 0 amide bonds. The molecule has 0 heterocycles. The fourth-order valence-electron chi connectivity index (χ4n) is 9.02. The lowest BCUT2D eigenvalue weighted by Crippen LogP contribution is -2.55. The predicted octanol–water partition coefficient (Wildman–Crippen LogP) is 6.25. The van der Waals surface area contributed by atoms with Crippen molar-refractivity contribution in [2.45, 2.75) is 129 Å². The second-order valence-electron chi connectivity index (χ2n) is 13.3. The van der Waals surface area contributed by atoms with Crippen LogP contribution in [0.4, 0.5) is 0 Å². The van der Waals surface area contributed by atoms with Gasteiger partial charge in [-0.1, -0.05) is 58.6 Å². The first-order valence-corrected chi connectivity index (χ1v) is 13.8. The molecule has 184 valence electrons. The molecule has 9 atom stereocenters. The van der Waals surface area contributed by atoms with Gasteiger partial charge in [0.2, 0.25) is 0 Å². The largest absolute Gasteiger partial charge is 0.393 e. The summed E-state index contributed by atoms with van der Waals surface area (Å²) in [5.41, 5.74) is 0.918. The van der Waals surface area contributed by atoms with Crippen molar-refractivity contribution in [2.24, 2.45) is 40.4 Å². The number of unbranched alkanes of at least 4 members (excludes halogenated alkanes) is 1. The third-order valence-electron chi connectivity index (χ3n) is 11.0. The first-order valence-electron chi connectivity index (χ1n) is 13.8. The molecule has 4 rings (SSSR count). The zero-order chi connectivity index (χ0) is 23.3. The monoisotopic (exact) mass is 446 g/mol. The minimum atomic E-state index is -0.997. The Kier molecular flexibility index (Phi) is 6.96. The van der Waals surface area contributed by atoms with E-state index in [1.807, 2.05) is 6.92 Å². The molecule has 0 spiro atoms. The van der Waals surface area contributed by atoms with Gasteiger partial charge in [0, 0.05) is 0 Å². The lowest BCUT2D eigenvalue weighted by molar-refractivity contribution is -0.151.